The Kier molecular flexibility index (Phi) is 2.91. The maximum absolute atomic E-state index is 4.50. The van der Waals surface area contributed by atoms with E-state index in [-0.39, 0.29) is 0 Å². The van der Waals surface area contributed by atoms with Crippen molar-refractivity contribution in [1.29, 1.82) is 0 Å². The SMILES string of the molecule is Cc1ccc(Nc2nc(C)nc3sc(C)nc23)cc1. The third kappa shape index (κ3) is 2.42. The fourth-order valence-corrected chi connectivity index (χ4v) is 2.73. The van der Waals surface area contributed by atoms with Gasteiger partial charge >= 0.3 is 0 Å². The minimum Gasteiger partial charge on any atom is -0.338 e. The topological polar surface area (TPSA) is 50.7 Å². The van der Waals surface area contributed by atoms with Crippen LogP contribution in [0.2, 0.25) is 0 Å². The molecule has 0 amide bonds. The first kappa shape index (κ1) is 12.0. The number of nitrogens with one attached hydrogen (secondary N) is 1. The molecule has 2 heterocycles. The Balaban J connectivity index is 2.06. The minimum absolute atomic E-state index is 0.755. The molecule has 0 spiro atoms. The number of rotatable bonds is 2. The molecule has 0 saturated heterocycles. The monoisotopic (exact) mass is 270 g/mol. The van der Waals surface area contributed by atoms with E-state index in [0.29, 0.717) is 0 Å². The van der Waals surface area contributed by atoms with Crippen LogP contribution in [0.4, 0.5) is 11.5 Å². The fraction of sp³-hybridized carbons (Fsp3) is 0.214. The lowest BCUT2D eigenvalue weighted by Crippen LogP contribution is -1.98. The lowest BCUT2D eigenvalue weighted by atomic mass is 10.2. The summed E-state index contributed by atoms with van der Waals surface area (Å²) in [6.45, 7) is 5.95. The van der Waals surface area contributed by atoms with Crippen molar-refractivity contribution in [2.24, 2.45) is 0 Å². The second-order valence-corrected chi connectivity index (χ2v) is 5.68. The van der Waals surface area contributed by atoms with Crippen LogP contribution >= 0.6 is 11.3 Å². The quantitative estimate of drug-likeness (QED) is 0.770. The largest absolute Gasteiger partial charge is 0.338 e. The summed E-state index contributed by atoms with van der Waals surface area (Å²) in [4.78, 5) is 14.3. The molecule has 1 N–H and O–H groups in total. The Labute approximate surface area is 115 Å². The summed E-state index contributed by atoms with van der Waals surface area (Å²) in [7, 11) is 0. The first-order valence-electron chi connectivity index (χ1n) is 6.07. The first-order valence-corrected chi connectivity index (χ1v) is 6.89. The van der Waals surface area contributed by atoms with E-state index in [1.54, 1.807) is 11.3 Å². The number of thiazole rings is 1. The van der Waals surface area contributed by atoms with Gasteiger partial charge in [0.1, 0.15) is 16.2 Å². The molecule has 0 bridgehead atoms. The molecule has 4 nitrogen and oxygen atoms in total. The molecule has 0 aliphatic heterocycles. The van der Waals surface area contributed by atoms with Crippen LogP contribution in [0.3, 0.4) is 0 Å². The molecule has 0 fully saturated rings. The highest BCUT2D eigenvalue weighted by atomic mass is 32.1. The van der Waals surface area contributed by atoms with Gasteiger partial charge in [0.05, 0.1) is 5.01 Å². The van der Waals surface area contributed by atoms with E-state index < -0.39 is 0 Å². The van der Waals surface area contributed by atoms with Crippen LogP contribution in [-0.2, 0) is 0 Å². The average molecular weight is 270 g/mol. The molecule has 0 atom stereocenters. The number of nitrogens with zero attached hydrogens (tertiary/aromatic N) is 3. The Hall–Kier alpha value is -2.01. The van der Waals surface area contributed by atoms with Crippen molar-refractivity contribution < 1.29 is 0 Å². The van der Waals surface area contributed by atoms with Crippen LogP contribution in [0.1, 0.15) is 16.4 Å². The van der Waals surface area contributed by atoms with Crippen LogP contribution in [0, 0.1) is 20.8 Å². The molecule has 2 aromatic heterocycles. The smallest absolute Gasteiger partial charge is 0.161 e. The summed E-state index contributed by atoms with van der Waals surface area (Å²) in [6.07, 6.45) is 0. The number of aromatic nitrogens is 3. The van der Waals surface area contributed by atoms with Gasteiger partial charge in [0.25, 0.3) is 0 Å². The standard InChI is InChI=1S/C14H14N4S/c1-8-4-6-11(7-5-8)18-13-12-14(16-9(2)15-13)19-10(3)17-12/h4-7H,1-3H3,(H,15,16,18). The van der Waals surface area contributed by atoms with Crippen molar-refractivity contribution >= 4 is 33.2 Å². The maximum Gasteiger partial charge on any atom is 0.161 e. The van der Waals surface area contributed by atoms with Crippen molar-refractivity contribution in [1.82, 2.24) is 15.0 Å². The van der Waals surface area contributed by atoms with Crippen molar-refractivity contribution in [3.63, 3.8) is 0 Å². The first-order chi connectivity index (χ1) is 9.11. The van der Waals surface area contributed by atoms with E-state index in [2.05, 4.69) is 39.3 Å². The molecule has 0 saturated carbocycles. The lowest BCUT2D eigenvalue weighted by Gasteiger charge is -2.07. The molecule has 0 aliphatic rings. The Morgan fingerprint density at radius 2 is 1.68 bits per heavy atom. The normalized spacial score (nSPS) is 10.9. The second-order valence-electron chi connectivity index (χ2n) is 4.50. The zero-order chi connectivity index (χ0) is 13.4. The molecule has 96 valence electrons. The Bertz CT molecular complexity index is 731. The van der Waals surface area contributed by atoms with E-state index in [9.17, 15) is 0 Å². The molecule has 0 aliphatic carbocycles. The molecule has 0 unspecified atom stereocenters. The summed E-state index contributed by atoms with van der Waals surface area (Å²) in [5, 5.41) is 4.32. The van der Waals surface area contributed by atoms with Crippen LogP contribution in [0.15, 0.2) is 24.3 Å². The third-order valence-electron chi connectivity index (χ3n) is 2.79. The highest BCUT2D eigenvalue weighted by Gasteiger charge is 2.10. The van der Waals surface area contributed by atoms with Crippen molar-refractivity contribution in [2.45, 2.75) is 20.8 Å². The van der Waals surface area contributed by atoms with Crippen LogP contribution < -0.4 is 5.32 Å². The maximum atomic E-state index is 4.50. The number of fused-ring (bicyclic) bond motifs is 1. The van der Waals surface area contributed by atoms with E-state index in [1.807, 2.05) is 26.0 Å². The number of hydrogen-bond acceptors (Lipinski definition) is 5. The van der Waals surface area contributed by atoms with Crippen LogP contribution in [-0.4, -0.2) is 15.0 Å². The van der Waals surface area contributed by atoms with Gasteiger partial charge in [-0.3, -0.25) is 0 Å². The lowest BCUT2D eigenvalue weighted by molar-refractivity contribution is 1.09. The summed E-state index contributed by atoms with van der Waals surface area (Å²) in [6, 6.07) is 8.22. The van der Waals surface area contributed by atoms with Gasteiger partial charge in [0.2, 0.25) is 0 Å². The van der Waals surface area contributed by atoms with Gasteiger partial charge in [-0.05, 0) is 32.9 Å². The van der Waals surface area contributed by atoms with Gasteiger partial charge in [-0.15, -0.1) is 0 Å². The predicted octanol–water partition coefficient (Wildman–Crippen LogP) is 3.76. The summed E-state index contributed by atoms with van der Waals surface area (Å²) in [5.74, 6) is 1.53. The highest BCUT2D eigenvalue weighted by molar-refractivity contribution is 7.18. The number of aryl methyl sites for hydroxylation is 3. The zero-order valence-corrected chi connectivity index (χ0v) is 11.9. The summed E-state index contributed by atoms with van der Waals surface area (Å²) < 4.78 is 0. The molecule has 0 radical (unpaired) electrons. The summed E-state index contributed by atoms with van der Waals surface area (Å²) in [5.41, 5.74) is 3.09. The predicted molar refractivity (Wildman–Crippen MR) is 79.1 cm³/mol. The van der Waals surface area contributed by atoms with Gasteiger partial charge in [0.15, 0.2) is 5.82 Å². The average Bonchev–Trinajstić information content (AvgIpc) is 2.72. The fourth-order valence-electron chi connectivity index (χ4n) is 1.89. The van der Waals surface area contributed by atoms with Crippen LogP contribution in [0.5, 0.6) is 0 Å². The molecule has 3 aromatic rings. The number of anilines is 2. The number of hydrogen-bond donors (Lipinski definition) is 1. The number of benzene rings is 1. The molecule has 1 aromatic carbocycles. The van der Waals surface area contributed by atoms with E-state index in [4.69, 9.17) is 0 Å². The van der Waals surface area contributed by atoms with Gasteiger partial charge < -0.3 is 5.32 Å². The van der Waals surface area contributed by atoms with Gasteiger partial charge in [-0.1, -0.05) is 29.0 Å². The van der Waals surface area contributed by atoms with Crippen molar-refractivity contribution in [2.75, 3.05) is 5.32 Å². The van der Waals surface area contributed by atoms with Crippen molar-refractivity contribution in [3.05, 3.63) is 40.7 Å². The van der Waals surface area contributed by atoms with E-state index in [0.717, 1.165) is 32.7 Å². The van der Waals surface area contributed by atoms with Crippen molar-refractivity contribution in [3.8, 4) is 0 Å². The van der Waals surface area contributed by atoms with Crippen LogP contribution in [0.25, 0.3) is 10.3 Å². The molecule has 19 heavy (non-hydrogen) atoms. The molecular formula is C14H14N4S. The molecule has 3 rings (SSSR count). The summed E-state index contributed by atoms with van der Waals surface area (Å²) >= 11 is 1.59. The van der Waals surface area contributed by atoms with Gasteiger partial charge in [-0.2, -0.15) is 0 Å². The minimum atomic E-state index is 0.755. The van der Waals surface area contributed by atoms with E-state index in [1.165, 1.54) is 5.56 Å². The third-order valence-corrected chi connectivity index (χ3v) is 3.66. The Morgan fingerprint density at radius 3 is 2.42 bits per heavy atom. The molecule has 5 heteroatoms. The highest BCUT2D eigenvalue weighted by Crippen LogP contribution is 2.27. The van der Waals surface area contributed by atoms with Gasteiger partial charge in [0, 0.05) is 5.69 Å². The zero-order valence-electron chi connectivity index (χ0n) is 11.1. The molecular weight excluding hydrogens is 256 g/mol. The second kappa shape index (κ2) is 4.59. The Morgan fingerprint density at radius 1 is 0.947 bits per heavy atom. The van der Waals surface area contributed by atoms with E-state index >= 15 is 0 Å². The van der Waals surface area contributed by atoms with Gasteiger partial charge in [-0.25, -0.2) is 15.0 Å².